The van der Waals surface area contributed by atoms with Gasteiger partial charge >= 0.3 is 0 Å². The molecule has 0 spiro atoms. The van der Waals surface area contributed by atoms with Crippen molar-refractivity contribution in [1.82, 2.24) is 0 Å². The van der Waals surface area contributed by atoms with Crippen molar-refractivity contribution in [2.24, 2.45) is 11.7 Å². The molecule has 2 N–H and O–H groups in total. The fourth-order valence-electron chi connectivity index (χ4n) is 1.19. The topological polar surface area (TPSA) is 35.2 Å². The van der Waals surface area contributed by atoms with Crippen LogP contribution in [0.4, 0.5) is 0 Å². The molecule has 0 amide bonds. The van der Waals surface area contributed by atoms with Crippen LogP contribution in [0.5, 0.6) is 0 Å². The van der Waals surface area contributed by atoms with Gasteiger partial charge in [-0.15, -0.1) is 12.4 Å². The van der Waals surface area contributed by atoms with Crippen LogP contribution in [0.1, 0.15) is 6.42 Å². The second-order valence-corrected chi connectivity index (χ2v) is 2.65. The summed E-state index contributed by atoms with van der Waals surface area (Å²) < 4.78 is 5.08. The predicted octanol–water partition coefficient (Wildman–Crippen LogP) is 0.156. The maximum absolute atomic E-state index is 5.73. The summed E-state index contributed by atoms with van der Waals surface area (Å²) >= 11 is 0. The van der Waals surface area contributed by atoms with Gasteiger partial charge in [0.05, 0.1) is 13.2 Å². The van der Waals surface area contributed by atoms with E-state index in [0.717, 1.165) is 13.2 Å². The number of hydrogen-bond donors (Lipinski definition) is 1. The Bertz CT molecular complexity index is 107. The first-order valence-corrected chi connectivity index (χ1v) is 2.68. The summed E-state index contributed by atoms with van der Waals surface area (Å²) in [4.78, 5) is 0. The van der Waals surface area contributed by atoms with E-state index in [9.17, 15) is 0 Å². The first-order chi connectivity index (χ1) is 3.31. The molecule has 48 valence electrons. The van der Waals surface area contributed by atoms with Crippen LogP contribution in [-0.4, -0.2) is 18.8 Å². The Morgan fingerprint density at radius 1 is 1.62 bits per heavy atom. The van der Waals surface area contributed by atoms with Crippen molar-refractivity contribution in [2.45, 2.75) is 12.0 Å². The van der Waals surface area contributed by atoms with Gasteiger partial charge in [0.1, 0.15) is 0 Å². The number of fused-ring (bicyclic) bond motifs is 1. The minimum atomic E-state index is 0. The van der Waals surface area contributed by atoms with E-state index in [-0.39, 0.29) is 17.9 Å². The highest BCUT2D eigenvalue weighted by Crippen LogP contribution is 2.45. The third kappa shape index (κ3) is 0.642. The van der Waals surface area contributed by atoms with Gasteiger partial charge in [-0.2, -0.15) is 0 Å². The van der Waals surface area contributed by atoms with Gasteiger partial charge in [-0.25, -0.2) is 0 Å². The van der Waals surface area contributed by atoms with Gasteiger partial charge in [-0.3, -0.25) is 0 Å². The predicted molar refractivity (Wildman–Crippen MR) is 33.1 cm³/mol. The number of halogens is 1. The number of ether oxygens (including phenoxy) is 1. The fourth-order valence-corrected chi connectivity index (χ4v) is 1.19. The lowest BCUT2D eigenvalue weighted by atomic mass is 10.3. The molecule has 2 fully saturated rings. The van der Waals surface area contributed by atoms with E-state index in [0.29, 0.717) is 5.92 Å². The molecule has 2 aliphatic rings. The molecule has 0 unspecified atom stereocenters. The van der Waals surface area contributed by atoms with E-state index in [1.54, 1.807) is 0 Å². The molecule has 0 aromatic heterocycles. The first-order valence-electron chi connectivity index (χ1n) is 2.68. The standard InChI is InChI=1S/C5H9NO.ClH/c6-5-1-4(5)2-7-3-5;/h4H,1-3,6H2;1H/t4-,5-;/m0./s1. The first kappa shape index (κ1) is 6.33. The Morgan fingerprint density at radius 3 is 2.50 bits per heavy atom. The summed E-state index contributed by atoms with van der Waals surface area (Å²) in [6, 6.07) is 0. The zero-order valence-corrected chi connectivity index (χ0v) is 5.41. The van der Waals surface area contributed by atoms with E-state index < -0.39 is 0 Å². The molecule has 8 heavy (non-hydrogen) atoms. The quantitative estimate of drug-likeness (QED) is 0.514. The highest BCUT2D eigenvalue weighted by molar-refractivity contribution is 5.85. The Hall–Kier alpha value is 0.210. The van der Waals surface area contributed by atoms with Gasteiger partial charge in [0.25, 0.3) is 0 Å². The van der Waals surface area contributed by atoms with Crippen LogP contribution in [0.25, 0.3) is 0 Å². The van der Waals surface area contributed by atoms with Gasteiger partial charge in [-0.05, 0) is 6.42 Å². The Labute approximate surface area is 54.8 Å². The van der Waals surface area contributed by atoms with Gasteiger partial charge in [0.2, 0.25) is 0 Å². The lowest BCUT2D eigenvalue weighted by molar-refractivity contribution is 0.161. The van der Waals surface area contributed by atoms with Crippen LogP contribution < -0.4 is 5.73 Å². The number of nitrogens with two attached hydrogens (primary N) is 1. The van der Waals surface area contributed by atoms with E-state index in [4.69, 9.17) is 10.5 Å². The van der Waals surface area contributed by atoms with Crippen molar-refractivity contribution >= 4 is 12.4 Å². The van der Waals surface area contributed by atoms with Gasteiger partial charge in [0, 0.05) is 11.5 Å². The molecule has 3 heteroatoms. The SMILES string of the molecule is Cl.N[C@@]12COC[C@@H]1C2. The van der Waals surface area contributed by atoms with Crippen molar-refractivity contribution in [3.63, 3.8) is 0 Å². The zero-order chi connectivity index (χ0) is 4.91. The molecule has 1 saturated heterocycles. The maximum Gasteiger partial charge on any atom is 0.0650 e. The molecule has 0 radical (unpaired) electrons. The minimum absolute atomic E-state index is 0. The van der Waals surface area contributed by atoms with Crippen LogP contribution >= 0.6 is 12.4 Å². The molecular formula is C5H10ClNO. The normalized spacial score (nSPS) is 49.9. The van der Waals surface area contributed by atoms with Crippen molar-refractivity contribution in [3.8, 4) is 0 Å². The third-order valence-corrected chi connectivity index (χ3v) is 1.97. The van der Waals surface area contributed by atoms with Crippen molar-refractivity contribution in [2.75, 3.05) is 13.2 Å². The molecule has 1 saturated carbocycles. The van der Waals surface area contributed by atoms with Crippen molar-refractivity contribution in [1.29, 1.82) is 0 Å². The molecule has 0 aromatic rings. The van der Waals surface area contributed by atoms with Crippen molar-refractivity contribution in [3.05, 3.63) is 0 Å². The Balaban J connectivity index is 0.000000320. The second-order valence-electron chi connectivity index (χ2n) is 2.65. The van der Waals surface area contributed by atoms with E-state index >= 15 is 0 Å². The highest BCUT2D eigenvalue weighted by Gasteiger charge is 2.55. The smallest absolute Gasteiger partial charge is 0.0650 e. The number of hydrogen-bond acceptors (Lipinski definition) is 2. The Kier molecular flexibility index (Phi) is 1.26. The Morgan fingerprint density at radius 2 is 2.38 bits per heavy atom. The average molecular weight is 136 g/mol. The van der Waals surface area contributed by atoms with Crippen molar-refractivity contribution < 1.29 is 4.74 Å². The molecule has 1 aliphatic heterocycles. The monoisotopic (exact) mass is 135 g/mol. The van der Waals surface area contributed by atoms with Gasteiger partial charge in [-0.1, -0.05) is 0 Å². The highest BCUT2D eigenvalue weighted by atomic mass is 35.5. The summed E-state index contributed by atoms with van der Waals surface area (Å²) in [5.74, 6) is 0.715. The average Bonchev–Trinajstić information content (AvgIpc) is 2.09. The van der Waals surface area contributed by atoms with Crippen LogP contribution in [0.3, 0.4) is 0 Å². The van der Waals surface area contributed by atoms with E-state index in [2.05, 4.69) is 0 Å². The fraction of sp³-hybridized carbons (Fsp3) is 1.00. The molecule has 2 rings (SSSR count). The van der Waals surface area contributed by atoms with Crippen LogP contribution in [0.2, 0.25) is 0 Å². The lowest BCUT2D eigenvalue weighted by Crippen LogP contribution is -2.25. The summed E-state index contributed by atoms with van der Waals surface area (Å²) in [6.07, 6.45) is 1.20. The van der Waals surface area contributed by atoms with Crippen LogP contribution in [0.15, 0.2) is 0 Å². The molecule has 0 bridgehead atoms. The maximum atomic E-state index is 5.73. The van der Waals surface area contributed by atoms with Crippen LogP contribution in [0, 0.1) is 5.92 Å². The number of rotatable bonds is 0. The lowest BCUT2D eigenvalue weighted by Gasteiger charge is -1.97. The van der Waals surface area contributed by atoms with E-state index in [1.807, 2.05) is 0 Å². The molecular weight excluding hydrogens is 126 g/mol. The summed E-state index contributed by atoms with van der Waals surface area (Å²) in [7, 11) is 0. The third-order valence-electron chi connectivity index (χ3n) is 1.97. The second kappa shape index (κ2) is 1.59. The molecule has 2 atom stereocenters. The zero-order valence-electron chi connectivity index (χ0n) is 4.59. The summed E-state index contributed by atoms with van der Waals surface area (Å²) in [5.41, 5.74) is 5.87. The van der Waals surface area contributed by atoms with Crippen LogP contribution in [-0.2, 0) is 4.74 Å². The molecule has 0 aromatic carbocycles. The molecule has 2 nitrogen and oxygen atoms in total. The molecule has 1 heterocycles. The van der Waals surface area contributed by atoms with E-state index in [1.165, 1.54) is 6.42 Å². The summed E-state index contributed by atoms with van der Waals surface area (Å²) in [5, 5.41) is 0. The van der Waals surface area contributed by atoms with Gasteiger partial charge in [0.15, 0.2) is 0 Å². The summed E-state index contributed by atoms with van der Waals surface area (Å²) in [6.45, 7) is 1.72. The molecule has 1 aliphatic carbocycles. The largest absolute Gasteiger partial charge is 0.379 e. The minimum Gasteiger partial charge on any atom is -0.379 e. The van der Waals surface area contributed by atoms with Gasteiger partial charge < -0.3 is 10.5 Å².